The van der Waals surface area contributed by atoms with E-state index in [1.807, 2.05) is 12.5 Å². The lowest BCUT2D eigenvalue weighted by Crippen LogP contribution is -2.50. The molecule has 0 aromatic carbocycles. The number of aromatic nitrogens is 2. The largest absolute Gasteiger partial charge is 0.393 e. The number of hydrogen-bond donors (Lipinski definition) is 1. The van der Waals surface area contributed by atoms with E-state index >= 15 is 0 Å². The minimum atomic E-state index is -0.106. The number of fused-ring (bicyclic) bond motifs is 5. The van der Waals surface area contributed by atoms with Crippen molar-refractivity contribution in [2.45, 2.75) is 64.9 Å². The molecule has 4 aliphatic carbocycles. The molecule has 1 heterocycles. The van der Waals surface area contributed by atoms with E-state index in [0.717, 1.165) is 30.6 Å². The van der Waals surface area contributed by atoms with Crippen molar-refractivity contribution < 1.29 is 5.11 Å². The van der Waals surface area contributed by atoms with Crippen molar-refractivity contribution in [3.63, 3.8) is 0 Å². The van der Waals surface area contributed by atoms with Crippen LogP contribution >= 0.6 is 0 Å². The second-order valence-corrected chi connectivity index (χ2v) is 9.41. The highest BCUT2D eigenvalue weighted by molar-refractivity contribution is 5.57. The van der Waals surface area contributed by atoms with Gasteiger partial charge in [-0.3, -0.25) is 0 Å². The molecular weight excluding hydrogens is 308 g/mol. The van der Waals surface area contributed by atoms with Crippen LogP contribution in [0.2, 0.25) is 0 Å². The number of imidazole rings is 1. The summed E-state index contributed by atoms with van der Waals surface area (Å²) in [6.07, 6.45) is 19.0. The molecule has 1 aromatic heterocycles. The number of aliphatic hydroxyl groups is 1. The van der Waals surface area contributed by atoms with Gasteiger partial charge >= 0.3 is 0 Å². The second-order valence-electron chi connectivity index (χ2n) is 9.41. The number of nitrogens with zero attached hydrogens (tertiary/aromatic N) is 2. The molecule has 0 amide bonds. The lowest BCUT2D eigenvalue weighted by Gasteiger charge is -2.57. The number of aliphatic hydroxyl groups excluding tert-OH is 1. The van der Waals surface area contributed by atoms with E-state index in [0.29, 0.717) is 5.41 Å². The van der Waals surface area contributed by atoms with E-state index in [-0.39, 0.29) is 11.5 Å². The van der Waals surface area contributed by atoms with E-state index in [9.17, 15) is 5.11 Å². The van der Waals surface area contributed by atoms with Crippen molar-refractivity contribution in [1.29, 1.82) is 0 Å². The van der Waals surface area contributed by atoms with Gasteiger partial charge in [0, 0.05) is 23.5 Å². The Morgan fingerprint density at radius 2 is 1.92 bits per heavy atom. The minimum absolute atomic E-state index is 0.106. The zero-order chi connectivity index (χ0) is 17.2. The van der Waals surface area contributed by atoms with Crippen LogP contribution in [0.25, 0.3) is 5.70 Å². The lowest BCUT2D eigenvalue weighted by atomic mass is 9.48. The molecule has 0 aliphatic heterocycles. The summed E-state index contributed by atoms with van der Waals surface area (Å²) in [5.74, 6) is 2.35. The van der Waals surface area contributed by atoms with E-state index in [1.54, 1.807) is 5.57 Å². The molecule has 5 rings (SSSR count). The highest BCUT2D eigenvalue weighted by atomic mass is 16.3. The molecule has 6 atom stereocenters. The lowest BCUT2D eigenvalue weighted by molar-refractivity contribution is -0.0249. The highest BCUT2D eigenvalue weighted by Crippen LogP contribution is 2.65. The predicted octanol–water partition coefficient (Wildman–Crippen LogP) is 4.66. The van der Waals surface area contributed by atoms with Crippen LogP contribution in [0.15, 0.2) is 36.4 Å². The summed E-state index contributed by atoms with van der Waals surface area (Å²) in [5.41, 5.74) is 3.67. The van der Waals surface area contributed by atoms with Crippen molar-refractivity contribution >= 4 is 5.70 Å². The van der Waals surface area contributed by atoms with Gasteiger partial charge < -0.3 is 9.67 Å². The van der Waals surface area contributed by atoms with Crippen molar-refractivity contribution in [2.24, 2.45) is 28.6 Å². The standard InChI is InChI=1S/C22H30N2O/c1-21-9-7-16(25)13-15(21)3-4-17-18-5-6-20(24-12-11-23-14-24)22(18,2)10-8-19(17)21/h3,6,11-12,14,16-19,25H,4-5,7-10,13H2,1-2H3/t16?,17-,18-,19-,21-,22-/m0/s1. The molecule has 3 heteroatoms. The maximum Gasteiger partial charge on any atom is 0.0989 e. The Bertz CT molecular complexity index is 733. The molecule has 2 fully saturated rings. The van der Waals surface area contributed by atoms with Crippen molar-refractivity contribution in [3.8, 4) is 0 Å². The Kier molecular flexibility index (Phi) is 3.38. The average molecular weight is 338 g/mol. The predicted molar refractivity (Wildman–Crippen MR) is 99.6 cm³/mol. The fraction of sp³-hybridized carbons (Fsp3) is 0.682. The van der Waals surface area contributed by atoms with Crippen LogP contribution in [0.1, 0.15) is 58.8 Å². The van der Waals surface area contributed by atoms with Crippen LogP contribution in [0, 0.1) is 28.6 Å². The van der Waals surface area contributed by atoms with Crippen LogP contribution < -0.4 is 0 Å². The Morgan fingerprint density at radius 3 is 2.72 bits per heavy atom. The molecule has 4 aliphatic rings. The summed E-state index contributed by atoms with van der Waals surface area (Å²) in [5, 5.41) is 10.1. The normalized spacial score (nSPS) is 45.9. The molecule has 3 nitrogen and oxygen atoms in total. The summed E-state index contributed by atoms with van der Waals surface area (Å²) in [7, 11) is 0. The van der Waals surface area contributed by atoms with Gasteiger partial charge in [-0.1, -0.05) is 31.6 Å². The van der Waals surface area contributed by atoms with Crippen LogP contribution in [-0.2, 0) is 0 Å². The monoisotopic (exact) mass is 338 g/mol. The first-order chi connectivity index (χ1) is 12.0. The first-order valence-corrected chi connectivity index (χ1v) is 10.1. The zero-order valence-electron chi connectivity index (χ0n) is 15.5. The molecule has 0 spiro atoms. The Morgan fingerprint density at radius 1 is 1.08 bits per heavy atom. The molecule has 1 unspecified atom stereocenters. The van der Waals surface area contributed by atoms with Crippen LogP contribution in [-0.4, -0.2) is 20.8 Å². The smallest absolute Gasteiger partial charge is 0.0989 e. The maximum atomic E-state index is 10.1. The van der Waals surface area contributed by atoms with Gasteiger partial charge in [0.1, 0.15) is 0 Å². The fourth-order valence-corrected chi connectivity index (χ4v) is 6.99. The third-order valence-corrected chi connectivity index (χ3v) is 8.40. The molecule has 25 heavy (non-hydrogen) atoms. The van der Waals surface area contributed by atoms with Crippen LogP contribution in [0.4, 0.5) is 0 Å². The third kappa shape index (κ3) is 2.11. The van der Waals surface area contributed by atoms with E-state index in [2.05, 4.69) is 41.7 Å². The van der Waals surface area contributed by atoms with Gasteiger partial charge in [0.2, 0.25) is 0 Å². The average Bonchev–Trinajstić information content (AvgIpc) is 3.22. The molecule has 134 valence electrons. The SMILES string of the molecule is C[C@]12CCC(O)CC1=CC[C@@H]1[C@@H]2CC[C@]2(C)C(n3ccnc3)=CC[C@@H]12. The molecule has 1 N–H and O–H groups in total. The van der Waals surface area contributed by atoms with E-state index in [1.165, 1.54) is 37.8 Å². The highest BCUT2D eigenvalue weighted by Gasteiger charge is 2.56. The maximum absolute atomic E-state index is 10.1. The fourth-order valence-electron chi connectivity index (χ4n) is 6.99. The summed E-state index contributed by atoms with van der Waals surface area (Å²) < 4.78 is 2.25. The summed E-state index contributed by atoms with van der Waals surface area (Å²) in [6.45, 7) is 5.00. The van der Waals surface area contributed by atoms with Gasteiger partial charge in [-0.25, -0.2) is 4.98 Å². The molecule has 2 saturated carbocycles. The quantitative estimate of drug-likeness (QED) is 0.756. The van der Waals surface area contributed by atoms with Crippen LogP contribution in [0.5, 0.6) is 0 Å². The van der Waals surface area contributed by atoms with E-state index in [4.69, 9.17) is 0 Å². The molecular formula is C22H30N2O. The molecule has 0 radical (unpaired) electrons. The zero-order valence-corrected chi connectivity index (χ0v) is 15.5. The van der Waals surface area contributed by atoms with Crippen molar-refractivity contribution in [1.82, 2.24) is 9.55 Å². The van der Waals surface area contributed by atoms with Gasteiger partial charge in [-0.2, -0.15) is 0 Å². The number of allylic oxidation sites excluding steroid dienone is 3. The topological polar surface area (TPSA) is 38.0 Å². The molecule has 0 bridgehead atoms. The third-order valence-electron chi connectivity index (χ3n) is 8.40. The van der Waals surface area contributed by atoms with Crippen LogP contribution in [0.3, 0.4) is 0 Å². The molecule has 1 aromatic rings. The molecule has 0 saturated heterocycles. The van der Waals surface area contributed by atoms with Gasteiger partial charge in [0.15, 0.2) is 0 Å². The Labute approximate surface area is 150 Å². The number of rotatable bonds is 1. The Balaban J connectivity index is 1.48. The Hall–Kier alpha value is -1.35. The van der Waals surface area contributed by atoms with Gasteiger partial charge in [0.25, 0.3) is 0 Å². The second kappa shape index (κ2) is 5.33. The van der Waals surface area contributed by atoms with Crippen molar-refractivity contribution in [3.05, 3.63) is 36.4 Å². The summed E-state index contributed by atoms with van der Waals surface area (Å²) in [6, 6.07) is 0. The van der Waals surface area contributed by atoms with Gasteiger partial charge in [-0.05, 0) is 68.1 Å². The first kappa shape index (κ1) is 15.9. The summed E-state index contributed by atoms with van der Waals surface area (Å²) in [4.78, 5) is 4.28. The van der Waals surface area contributed by atoms with Gasteiger partial charge in [-0.15, -0.1) is 0 Å². The van der Waals surface area contributed by atoms with E-state index < -0.39 is 0 Å². The minimum Gasteiger partial charge on any atom is -0.393 e. The van der Waals surface area contributed by atoms with Crippen molar-refractivity contribution in [2.75, 3.05) is 0 Å². The van der Waals surface area contributed by atoms with Gasteiger partial charge in [0.05, 0.1) is 12.4 Å². The first-order valence-electron chi connectivity index (χ1n) is 10.1. The summed E-state index contributed by atoms with van der Waals surface area (Å²) >= 11 is 0. The number of hydrogen-bond acceptors (Lipinski definition) is 2.